The number of benzene rings is 2. The second kappa shape index (κ2) is 8.92. The molecule has 0 bridgehead atoms. The predicted octanol–water partition coefficient (Wildman–Crippen LogP) is 1.60. The maximum absolute atomic E-state index is 12.5. The van der Waals surface area contributed by atoms with Gasteiger partial charge in [0.2, 0.25) is 5.69 Å². The molecule has 34 heavy (non-hydrogen) atoms. The van der Waals surface area contributed by atoms with E-state index in [1.165, 1.54) is 19.5 Å². The number of quaternary nitrogens is 1. The van der Waals surface area contributed by atoms with Crippen LogP contribution < -0.4 is 15.3 Å². The van der Waals surface area contributed by atoms with Gasteiger partial charge in [-0.1, -0.05) is 24.3 Å². The van der Waals surface area contributed by atoms with E-state index in [0.29, 0.717) is 18.7 Å². The van der Waals surface area contributed by atoms with Crippen molar-refractivity contribution in [2.24, 2.45) is 0 Å². The predicted molar refractivity (Wildman–Crippen MR) is 123 cm³/mol. The molecule has 10 nitrogen and oxygen atoms in total. The van der Waals surface area contributed by atoms with Crippen LogP contribution in [-0.4, -0.2) is 46.2 Å². The van der Waals surface area contributed by atoms with Gasteiger partial charge in [0, 0.05) is 28.6 Å². The van der Waals surface area contributed by atoms with E-state index in [-0.39, 0.29) is 17.7 Å². The SMILES string of the molecule is COC(=O)C1Cc2c([nH]c3ccccc23)C(c2ccc(OC)c(Cn3cc([NH+]([O-])O)cn3)c2)N1. The van der Waals surface area contributed by atoms with Gasteiger partial charge in [0.1, 0.15) is 18.0 Å². The quantitative estimate of drug-likeness (QED) is 0.253. The van der Waals surface area contributed by atoms with E-state index in [1.807, 2.05) is 36.4 Å². The summed E-state index contributed by atoms with van der Waals surface area (Å²) in [7, 11) is 2.98. The second-order valence-corrected chi connectivity index (χ2v) is 8.25. The number of nitrogens with one attached hydrogen (secondary N) is 3. The molecule has 1 aliphatic heterocycles. The molecule has 4 N–H and O–H groups in total. The van der Waals surface area contributed by atoms with Gasteiger partial charge < -0.3 is 19.7 Å². The normalized spacial score (nSPS) is 18.5. The maximum Gasteiger partial charge on any atom is 0.323 e. The lowest BCUT2D eigenvalue weighted by Crippen LogP contribution is -2.99. The van der Waals surface area contributed by atoms with Gasteiger partial charge >= 0.3 is 5.97 Å². The highest BCUT2D eigenvalue weighted by molar-refractivity contribution is 5.87. The monoisotopic (exact) mass is 463 g/mol. The first-order chi connectivity index (χ1) is 16.5. The Bertz CT molecular complexity index is 1340. The number of hydrogen-bond acceptors (Lipinski definition) is 7. The lowest BCUT2D eigenvalue weighted by molar-refractivity contribution is -0.991. The Morgan fingerprint density at radius 3 is 2.85 bits per heavy atom. The summed E-state index contributed by atoms with van der Waals surface area (Å²) < 4.78 is 12.2. The van der Waals surface area contributed by atoms with Crippen LogP contribution in [0.4, 0.5) is 5.69 Å². The second-order valence-electron chi connectivity index (χ2n) is 8.25. The number of hydrogen-bond donors (Lipinski definition) is 4. The van der Waals surface area contributed by atoms with Crippen LogP contribution in [0.25, 0.3) is 10.9 Å². The van der Waals surface area contributed by atoms with E-state index in [0.717, 1.165) is 33.3 Å². The number of aromatic amines is 1. The highest BCUT2D eigenvalue weighted by Crippen LogP contribution is 2.36. The number of methoxy groups -OCH3 is 2. The molecule has 4 aromatic rings. The van der Waals surface area contributed by atoms with Crippen molar-refractivity contribution in [2.75, 3.05) is 14.2 Å². The molecular formula is C24H25N5O5. The summed E-state index contributed by atoms with van der Waals surface area (Å²) >= 11 is 0. The number of para-hydroxylation sites is 1. The van der Waals surface area contributed by atoms with E-state index in [2.05, 4.69) is 21.5 Å². The van der Waals surface area contributed by atoms with E-state index in [9.17, 15) is 15.2 Å². The van der Waals surface area contributed by atoms with Crippen LogP contribution in [0, 0.1) is 5.21 Å². The van der Waals surface area contributed by atoms with Gasteiger partial charge in [0.15, 0.2) is 0 Å². The first kappa shape index (κ1) is 22.1. The number of fused-ring (bicyclic) bond motifs is 3. The van der Waals surface area contributed by atoms with Crippen molar-refractivity contribution >= 4 is 22.6 Å². The molecule has 0 fully saturated rings. The van der Waals surface area contributed by atoms with Crippen molar-refractivity contribution in [2.45, 2.75) is 25.0 Å². The lowest BCUT2D eigenvalue weighted by atomic mass is 9.89. The number of carbonyl (C=O) groups excluding carboxylic acids is 1. The Hall–Kier alpha value is -3.70. The molecule has 3 unspecified atom stereocenters. The van der Waals surface area contributed by atoms with E-state index < -0.39 is 11.3 Å². The molecule has 2 aromatic carbocycles. The minimum atomic E-state index is -1.03. The highest BCUT2D eigenvalue weighted by atomic mass is 16.8. The van der Waals surface area contributed by atoms with Crippen LogP contribution >= 0.6 is 0 Å². The molecule has 3 heterocycles. The van der Waals surface area contributed by atoms with E-state index in [1.54, 1.807) is 11.8 Å². The van der Waals surface area contributed by atoms with Crippen LogP contribution in [0.2, 0.25) is 0 Å². The molecule has 10 heteroatoms. The van der Waals surface area contributed by atoms with Crippen LogP contribution in [0.1, 0.15) is 28.4 Å². The summed E-state index contributed by atoms with van der Waals surface area (Å²) in [6, 6.07) is 13.1. The molecule has 0 amide bonds. The fourth-order valence-electron chi connectivity index (χ4n) is 4.63. The molecule has 3 atom stereocenters. The Morgan fingerprint density at radius 1 is 1.29 bits per heavy atom. The molecule has 0 saturated heterocycles. The van der Waals surface area contributed by atoms with Crippen LogP contribution in [0.3, 0.4) is 0 Å². The lowest BCUT2D eigenvalue weighted by Gasteiger charge is -2.30. The topological polar surface area (TPSA) is 129 Å². The summed E-state index contributed by atoms with van der Waals surface area (Å²) in [5.74, 6) is 0.348. The third-order valence-electron chi connectivity index (χ3n) is 6.25. The van der Waals surface area contributed by atoms with Crippen molar-refractivity contribution in [3.05, 3.63) is 82.4 Å². The largest absolute Gasteiger partial charge is 0.595 e. The third kappa shape index (κ3) is 3.93. The summed E-state index contributed by atoms with van der Waals surface area (Å²) in [4.78, 5) is 16.0. The molecule has 2 aromatic heterocycles. The zero-order valence-corrected chi connectivity index (χ0v) is 18.7. The third-order valence-corrected chi connectivity index (χ3v) is 6.25. The van der Waals surface area contributed by atoms with Crippen molar-refractivity contribution in [3.8, 4) is 5.75 Å². The molecule has 0 spiro atoms. The number of ether oxygens (including phenoxy) is 2. The van der Waals surface area contributed by atoms with Gasteiger partial charge in [0.25, 0.3) is 0 Å². The standard InChI is InChI=1S/C24H25N5O5/c1-33-21-8-7-14(9-15(21)12-28-13-16(11-25-28)29(31)32)22-23-18(10-20(27-22)24(30)34-2)17-5-3-4-6-19(17)26-23/h3-9,11,13,20,22,26-27,29,31H,10,12H2,1-2H3. The van der Waals surface area contributed by atoms with Gasteiger partial charge in [0.05, 0.1) is 33.0 Å². The van der Waals surface area contributed by atoms with Crippen molar-refractivity contribution < 1.29 is 24.7 Å². The maximum atomic E-state index is 12.5. The van der Waals surface area contributed by atoms with Gasteiger partial charge in [-0.3, -0.25) is 14.8 Å². The summed E-state index contributed by atoms with van der Waals surface area (Å²) in [6.45, 7) is 0.330. The van der Waals surface area contributed by atoms with Gasteiger partial charge in [-0.05, 0) is 29.3 Å². The number of aromatic nitrogens is 3. The number of carbonyl (C=O) groups is 1. The first-order valence-corrected chi connectivity index (χ1v) is 10.8. The number of nitrogens with zero attached hydrogens (tertiary/aromatic N) is 2. The van der Waals surface area contributed by atoms with Crippen LogP contribution in [0.15, 0.2) is 54.9 Å². The fourth-order valence-corrected chi connectivity index (χ4v) is 4.63. The Labute approximate surface area is 195 Å². The average molecular weight is 463 g/mol. The molecule has 1 aliphatic rings. The molecule has 0 aliphatic carbocycles. The van der Waals surface area contributed by atoms with Crippen molar-refractivity contribution in [1.29, 1.82) is 0 Å². The number of H-pyrrole nitrogens is 1. The van der Waals surface area contributed by atoms with E-state index >= 15 is 0 Å². The van der Waals surface area contributed by atoms with Gasteiger partial charge in [-0.15, -0.1) is 0 Å². The number of rotatable bonds is 6. The molecule has 5 rings (SSSR count). The summed E-state index contributed by atoms with van der Waals surface area (Å²) in [5, 5.41) is 28.1. The zero-order chi connectivity index (χ0) is 23.8. The Balaban J connectivity index is 1.56. The first-order valence-electron chi connectivity index (χ1n) is 10.8. The van der Waals surface area contributed by atoms with Gasteiger partial charge in [-0.2, -0.15) is 10.3 Å². The molecular weight excluding hydrogens is 438 g/mol. The molecule has 0 saturated carbocycles. The Morgan fingerprint density at radius 2 is 2.12 bits per heavy atom. The van der Waals surface area contributed by atoms with Gasteiger partial charge in [-0.25, -0.2) is 5.21 Å². The van der Waals surface area contributed by atoms with E-state index in [4.69, 9.17) is 9.47 Å². The van der Waals surface area contributed by atoms with Crippen LogP contribution in [-0.2, 0) is 22.5 Å². The van der Waals surface area contributed by atoms with Crippen LogP contribution in [0.5, 0.6) is 5.75 Å². The summed E-state index contributed by atoms with van der Waals surface area (Å²) in [5.41, 5.74) is 4.99. The smallest absolute Gasteiger partial charge is 0.323 e. The fraction of sp³-hybridized carbons (Fsp3) is 0.250. The molecule has 0 radical (unpaired) electrons. The summed E-state index contributed by atoms with van der Waals surface area (Å²) in [6.07, 6.45) is 3.33. The molecule has 176 valence electrons. The van der Waals surface area contributed by atoms with Crippen molar-refractivity contribution in [3.63, 3.8) is 0 Å². The number of esters is 1. The minimum absolute atomic E-state index is 0.118. The highest BCUT2D eigenvalue weighted by Gasteiger charge is 2.34. The minimum Gasteiger partial charge on any atom is -0.595 e. The Kier molecular flexibility index (Phi) is 5.80. The van der Waals surface area contributed by atoms with Crippen molar-refractivity contribution in [1.82, 2.24) is 20.1 Å². The average Bonchev–Trinajstić information content (AvgIpc) is 3.47. The zero-order valence-electron chi connectivity index (χ0n) is 18.7.